The molecule has 1 fully saturated rings. The van der Waals surface area contributed by atoms with Gasteiger partial charge in [0.2, 0.25) is 10.0 Å². The van der Waals surface area contributed by atoms with E-state index in [-0.39, 0.29) is 10.5 Å². The largest absolute Gasteiger partial charge is 0.478 e. The van der Waals surface area contributed by atoms with Gasteiger partial charge in [0.15, 0.2) is 0 Å². The van der Waals surface area contributed by atoms with Crippen LogP contribution >= 0.6 is 15.9 Å². The maximum atomic E-state index is 12.6. The van der Waals surface area contributed by atoms with Crippen molar-refractivity contribution in [3.8, 4) is 0 Å². The van der Waals surface area contributed by atoms with Crippen LogP contribution in [0.3, 0.4) is 0 Å². The predicted octanol–water partition coefficient (Wildman–Crippen LogP) is 2.96. The third kappa shape index (κ3) is 3.46. The smallest absolute Gasteiger partial charge is 0.336 e. The van der Waals surface area contributed by atoms with E-state index in [1.807, 2.05) is 0 Å². The molecule has 1 N–H and O–H groups in total. The number of aromatic carboxylic acids is 1. The van der Waals surface area contributed by atoms with Crippen LogP contribution in [-0.2, 0) is 10.0 Å². The highest BCUT2D eigenvalue weighted by molar-refractivity contribution is 9.10. The van der Waals surface area contributed by atoms with Crippen LogP contribution in [0.5, 0.6) is 0 Å². The first-order chi connectivity index (χ1) is 9.86. The number of hydrogen-bond acceptors (Lipinski definition) is 3. The Morgan fingerprint density at radius 3 is 2.81 bits per heavy atom. The van der Waals surface area contributed by atoms with Crippen molar-refractivity contribution in [2.24, 2.45) is 5.92 Å². The molecule has 0 saturated carbocycles. The summed E-state index contributed by atoms with van der Waals surface area (Å²) >= 11 is 3.12. The summed E-state index contributed by atoms with van der Waals surface area (Å²) in [7, 11) is -3.61. The molecule has 0 amide bonds. The molecule has 2 rings (SSSR count). The first-order valence-electron chi connectivity index (χ1n) is 6.89. The average Bonchev–Trinajstić information content (AvgIpc) is 2.88. The van der Waals surface area contributed by atoms with Crippen molar-refractivity contribution in [3.63, 3.8) is 0 Å². The molecule has 1 saturated heterocycles. The summed E-state index contributed by atoms with van der Waals surface area (Å²) in [6.45, 7) is 3.12. The van der Waals surface area contributed by atoms with Crippen molar-refractivity contribution >= 4 is 31.9 Å². The Hall–Kier alpha value is -0.920. The molecule has 1 heterocycles. The highest BCUT2D eigenvalue weighted by Gasteiger charge is 2.32. The number of carboxylic acids is 1. The van der Waals surface area contributed by atoms with Crippen LogP contribution in [0, 0.1) is 5.92 Å². The molecule has 1 aromatic rings. The van der Waals surface area contributed by atoms with E-state index in [1.165, 1.54) is 22.5 Å². The number of benzene rings is 1. The van der Waals surface area contributed by atoms with E-state index in [1.54, 1.807) is 0 Å². The van der Waals surface area contributed by atoms with Crippen molar-refractivity contribution in [2.75, 3.05) is 13.1 Å². The Morgan fingerprint density at radius 2 is 2.19 bits per heavy atom. The van der Waals surface area contributed by atoms with Gasteiger partial charge in [0.1, 0.15) is 0 Å². The number of hydrogen-bond donors (Lipinski definition) is 1. The lowest BCUT2D eigenvalue weighted by molar-refractivity contribution is 0.0695. The van der Waals surface area contributed by atoms with Gasteiger partial charge in [-0.25, -0.2) is 13.2 Å². The summed E-state index contributed by atoms with van der Waals surface area (Å²) in [6.07, 6.45) is 2.93. The van der Waals surface area contributed by atoms with Crippen LogP contribution in [-0.4, -0.2) is 36.9 Å². The molecule has 0 bridgehead atoms. The fourth-order valence-electron chi connectivity index (χ4n) is 2.64. The molecule has 1 aromatic carbocycles. The Kier molecular flexibility index (Phi) is 5.06. The van der Waals surface area contributed by atoms with Crippen LogP contribution in [0.25, 0.3) is 0 Å². The molecule has 1 aliphatic rings. The summed E-state index contributed by atoms with van der Waals surface area (Å²) in [6, 6.07) is 4.13. The molecule has 116 valence electrons. The molecule has 1 aliphatic heterocycles. The van der Waals surface area contributed by atoms with Gasteiger partial charge in [0.25, 0.3) is 0 Å². The fourth-order valence-corrected chi connectivity index (χ4v) is 4.61. The number of carboxylic acid groups (broad SMARTS) is 1. The van der Waals surface area contributed by atoms with Crippen molar-refractivity contribution in [3.05, 3.63) is 28.2 Å². The molecule has 5 nitrogen and oxygen atoms in total. The van der Waals surface area contributed by atoms with Gasteiger partial charge in [-0.3, -0.25) is 0 Å². The average molecular weight is 376 g/mol. The number of nitrogens with zero attached hydrogens (tertiary/aromatic N) is 1. The van der Waals surface area contributed by atoms with Crippen molar-refractivity contribution < 1.29 is 18.3 Å². The normalized spacial score (nSPS) is 19.8. The second kappa shape index (κ2) is 6.46. The molecular weight excluding hydrogens is 358 g/mol. The third-order valence-electron chi connectivity index (χ3n) is 3.75. The maximum Gasteiger partial charge on any atom is 0.336 e. The Bertz CT molecular complexity index is 644. The molecule has 1 atom stereocenters. The van der Waals surface area contributed by atoms with Crippen molar-refractivity contribution in [1.29, 1.82) is 0 Å². The zero-order chi connectivity index (χ0) is 15.6. The number of rotatable bonds is 5. The SMILES string of the molecule is CCCC1CCN(S(=O)(=O)c2ccc(Br)c(C(=O)O)c2)C1. The second-order valence-electron chi connectivity index (χ2n) is 5.25. The van der Waals surface area contributed by atoms with Crippen LogP contribution in [0.4, 0.5) is 0 Å². The summed E-state index contributed by atoms with van der Waals surface area (Å²) in [5, 5.41) is 9.09. The standard InChI is InChI=1S/C14H18BrNO4S/c1-2-3-10-6-7-16(9-10)21(19,20)11-4-5-13(15)12(8-11)14(17)18/h4-5,8,10H,2-3,6-7,9H2,1H3,(H,17,18). The van der Waals surface area contributed by atoms with E-state index in [0.717, 1.165) is 19.3 Å². The van der Waals surface area contributed by atoms with E-state index in [0.29, 0.717) is 23.5 Å². The molecule has 7 heteroatoms. The summed E-state index contributed by atoms with van der Waals surface area (Å²) < 4.78 is 27.0. The van der Waals surface area contributed by atoms with Gasteiger partial charge in [-0.1, -0.05) is 13.3 Å². The zero-order valence-electron chi connectivity index (χ0n) is 11.8. The van der Waals surface area contributed by atoms with Gasteiger partial charge in [0.05, 0.1) is 10.5 Å². The van der Waals surface area contributed by atoms with E-state index >= 15 is 0 Å². The molecule has 0 aromatic heterocycles. The topological polar surface area (TPSA) is 74.7 Å². The van der Waals surface area contributed by atoms with Gasteiger partial charge < -0.3 is 5.11 Å². The zero-order valence-corrected chi connectivity index (χ0v) is 14.2. The van der Waals surface area contributed by atoms with Gasteiger partial charge >= 0.3 is 5.97 Å². The Labute approximate surface area is 133 Å². The van der Waals surface area contributed by atoms with Gasteiger partial charge in [-0.05, 0) is 52.9 Å². The minimum absolute atomic E-state index is 0.0413. The van der Waals surface area contributed by atoms with Crippen molar-refractivity contribution in [1.82, 2.24) is 4.31 Å². The lowest BCUT2D eigenvalue weighted by atomic mass is 10.0. The van der Waals surface area contributed by atoms with Crippen LogP contribution in [0.15, 0.2) is 27.6 Å². The summed E-state index contributed by atoms with van der Waals surface area (Å²) in [4.78, 5) is 11.2. The minimum atomic E-state index is -3.61. The van der Waals surface area contributed by atoms with E-state index in [4.69, 9.17) is 5.11 Å². The molecular formula is C14H18BrNO4S. The fraction of sp³-hybridized carbons (Fsp3) is 0.500. The predicted molar refractivity (Wildman–Crippen MR) is 82.9 cm³/mol. The molecule has 0 spiro atoms. The third-order valence-corrected chi connectivity index (χ3v) is 6.30. The molecule has 0 radical (unpaired) electrons. The quantitative estimate of drug-likeness (QED) is 0.858. The van der Waals surface area contributed by atoms with Gasteiger partial charge in [-0.2, -0.15) is 4.31 Å². The number of sulfonamides is 1. The lowest BCUT2D eigenvalue weighted by Crippen LogP contribution is -2.29. The van der Waals surface area contributed by atoms with Gasteiger partial charge in [-0.15, -0.1) is 0 Å². The monoisotopic (exact) mass is 375 g/mol. The first kappa shape index (κ1) is 16.5. The molecule has 1 unspecified atom stereocenters. The van der Waals surface area contributed by atoms with Crippen LogP contribution in [0.2, 0.25) is 0 Å². The molecule has 0 aliphatic carbocycles. The second-order valence-corrected chi connectivity index (χ2v) is 8.05. The van der Waals surface area contributed by atoms with Crippen LogP contribution < -0.4 is 0 Å². The highest BCUT2D eigenvalue weighted by Crippen LogP contribution is 2.28. The summed E-state index contributed by atoms with van der Waals surface area (Å²) in [5.41, 5.74) is -0.0413. The maximum absolute atomic E-state index is 12.6. The summed E-state index contributed by atoms with van der Waals surface area (Å²) in [5.74, 6) is -0.747. The first-order valence-corrected chi connectivity index (χ1v) is 9.12. The lowest BCUT2D eigenvalue weighted by Gasteiger charge is -2.17. The van der Waals surface area contributed by atoms with E-state index < -0.39 is 16.0 Å². The minimum Gasteiger partial charge on any atom is -0.478 e. The Balaban J connectivity index is 2.28. The van der Waals surface area contributed by atoms with Crippen molar-refractivity contribution in [2.45, 2.75) is 31.1 Å². The van der Waals surface area contributed by atoms with Gasteiger partial charge in [0, 0.05) is 17.6 Å². The Morgan fingerprint density at radius 1 is 1.48 bits per heavy atom. The molecule has 21 heavy (non-hydrogen) atoms. The highest BCUT2D eigenvalue weighted by atomic mass is 79.9. The van der Waals surface area contributed by atoms with E-state index in [2.05, 4.69) is 22.9 Å². The van der Waals surface area contributed by atoms with Crippen LogP contribution in [0.1, 0.15) is 36.5 Å². The number of carbonyl (C=O) groups is 1. The van der Waals surface area contributed by atoms with E-state index in [9.17, 15) is 13.2 Å². The number of halogens is 1.